The number of carbonyl (C=O) groups is 4. The molecule has 1 fully saturated rings. The summed E-state index contributed by atoms with van der Waals surface area (Å²) < 4.78 is 44.7. The van der Waals surface area contributed by atoms with Crippen LogP contribution in [0.5, 0.6) is 0 Å². The van der Waals surface area contributed by atoms with Gasteiger partial charge in [-0.15, -0.1) is 11.3 Å². The second-order valence-corrected chi connectivity index (χ2v) is 19.6. The second-order valence-electron chi connectivity index (χ2n) is 18.4. The van der Waals surface area contributed by atoms with Crippen LogP contribution < -0.4 is 0 Å². The number of thiophene rings is 1. The zero-order chi connectivity index (χ0) is 41.3. The van der Waals surface area contributed by atoms with Crippen molar-refractivity contribution in [1.29, 1.82) is 0 Å². The minimum atomic E-state index is -1.35. The number of benzene rings is 2. The first-order valence-electron chi connectivity index (χ1n) is 18.7. The van der Waals surface area contributed by atoms with Crippen LogP contribution in [0.2, 0.25) is 0 Å². The van der Waals surface area contributed by atoms with E-state index >= 15 is 0 Å². The highest BCUT2D eigenvalue weighted by atomic mass is 32.1. The molecule has 2 unspecified atom stereocenters. The van der Waals surface area contributed by atoms with Gasteiger partial charge in [0, 0.05) is 16.2 Å². The Bertz CT molecular complexity index is 1850. The molecule has 1 aliphatic heterocycles. The molecule has 0 bridgehead atoms. The summed E-state index contributed by atoms with van der Waals surface area (Å²) in [5.41, 5.74) is -0.255. The van der Waals surface area contributed by atoms with Crippen LogP contribution in [0.15, 0.2) is 54.6 Å². The highest BCUT2D eigenvalue weighted by Gasteiger charge is 2.55. The maximum absolute atomic E-state index is 13.7. The fourth-order valence-electron chi connectivity index (χ4n) is 5.49. The van der Waals surface area contributed by atoms with Crippen molar-refractivity contribution >= 4 is 35.2 Å². The predicted molar refractivity (Wildman–Crippen MR) is 210 cm³/mol. The molecule has 11 heteroatoms. The molecule has 0 radical (unpaired) electrons. The van der Waals surface area contributed by atoms with Crippen molar-refractivity contribution in [1.82, 2.24) is 0 Å². The standard InChI is InChI=1S/C44H57FO9S/c1-25-14-15-27(22-28(25)23-30-20-21-32(55-30)26-16-18-29(45)19-17-26)33-35(53-39(48)43(8,9)10)36(54-40(49)44(11,12)13)34(52-38(47)42(5,6)7)31(51-33)24-50-37(46)41(2,3)4/h14-22,31,33-36H,23-24H2,1-13H3/t31-,33+,34?,35+,36?/m1/s1. The van der Waals surface area contributed by atoms with Crippen molar-refractivity contribution < 1.29 is 47.3 Å². The summed E-state index contributed by atoms with van der Waals surface area (Å²) in [6.45, 7) is 22.1. The molecule has 2 aromatic carbocycles. The third-order valence-electron chi connectivity index (χ3n) is 9.05. The lowest BCUT2D eigenvalue weighted by Crippen LogP contribution is -2.61. The van der Waals surface area contributed by atoms with E-state index < -0.39 is 76.1 Å². The molecule has 55 heavy (non-hydrogen) atoms. The summed E-state index contributed by atoms with van der Waals surface area (Å²) in [6, 6.07) is 16.2. The Hall–Kier alpha value is -4.09. The van der Waals surface area contributed by atoms with Gasteiger partial charge in [-0.25, -0.2) is 4.39 Å². The van der Waals surface area contributed by atoms with Crippen LogP contribution >= 0.6 is 11.3 Å². The molecule has 5 atom stereocenters. The van der Waals surface area contributed by atoms with E-state index in [0.29, 0.717) is 12.0 Å². The molecule has 0 amide bonds. The van der Waals surface area contributed by atoms with Crippen LogP contribution in [0, 0.1) is 34.4 Å². The Morgan fingerprint density at radius 1 is 0.655 bits per heavy atom. The summed E-state index contributed by atoms with van der Waals surface area (Å²) >= 11 is 1.60. The third-order valence-corrected chi connectivity index (χ3v) is 10.2. The average Bonchev–Trinajstić information content (AvgIpc) is 3.53. The lowest BCUT2D eigenvalue weighted by atomic mass is 9.87. The van der Waals surface area contributed by atoms with Gasteiger partial charge in [0.25, 0.3) is 0 Å². The Balaban J connectivity index is 1.85. The first kappa shape index (κ1) is 43.6. The summed E-state index contributed by atoms with van der Waals surface area (Å²) in [5, 5.41) is 0. The number of rotatable bonds is 9. The number of carbonyl (C=O) groups excluding carboxylic acids is 4. The van der Waals surface area contributed by atoms with E-state index in [1.165, 1.54) is 12.1 Å². The Morgan fingerprint density at radius 3 is 1.69 bits per heavy atom. The van der Waals surface area contributed by atoms with Gasteiger partial charge in [-0.05, 0) is 137 Å². The van der Waals surface area contributed by atoms with E-state index in [1.807, 2.05) is 37.3 Å². The monoisotopic (exact) mass is 780 g/mol. The molecule has 0 N–H and O–H groups in total. The van der Waals surface area contributed by atoms with Crippen molar-refractivity contribution in [2.75, 3.05) is 6.61 Å². The first-order valence-corrected chi connectivity index (χ1v) is 19.5. The SMILES string of the molecule is Cc1ccc([C@@H]2O[C@H](COC(=O)C(C)(C)C)C(OC(=O)C(C)(C)C)C(OC(=O)C(C)(C)C)[C@H]2OC(=O)C(C)(C)C)cc1Cc1ccc(-c2ccc(F)cc2)s1. The van der Waals surface area contributed by atoms with Gasteiger partial charge in [0.15, 0.2) is 18.3 Å². The maximum Gasteiger partial charge on any atom is 0.311 e. The normalized spacial score (nSPS) is 20.7. The molecule has 3 aromatic rings. The largest absolute Gasteiger partial charge is 0.462 e. The van der Waals surface area contributed by atoms with Crippen molar-refractivity contribution in [3.63, 3.8) is 0 Å². The van der Waals surface area contributed by atoms with E-state index in [2.05, 4.69) is 0 Å². The summed E-state index contributed by atoms with van der Waals surface area (Å²) in [5.74, 6) is -2.62. The van der Waals surface area contributed by atoms with Crippen molar-refractivity contribution in [3.8, 4) is 10.4 Å². The van der Waals surface area contributed by atoms with Crippen molar-refractivity contribution in [2.24, 2.45) is 21.7 Å². The highest BCUT2D eigenvalue weighted by Crippen LogP contribution is 2.41. The highest BCUT2D eigenvalue weighted by molar-refractivity contribution is 7.15. The molecule has 0 spiro atoms. The van der Waals surface area contributed by atoms with Crippen molar-refractivity contribution in [3.05, 3.63) is 82.0 Å². The summed E-state index contributed by atoms with van der Waals surface area (Å²) in [4.78, 5) is 56.1. The molecule has 9 nitrogen and oxygen atoms in total. The van der Waals surface area contributed by atoms with Gasteiger partial charge in [-0.1, -0.05) is 30.3 Å². The van der Waals surface area contributed by atoms with E-state index in [-0.39, 0.29) is 12.4 Å². The van der Waals surface area contributed by atoms with Crippen LogP contribution in [0.4, 0.5) is 4.39 Å². The number of ether oxygens (including phenoxy) is 5. The van der Waals surface area contributed by atoms with E-state index in [9.17, 15) is 23.6 Å². The fraction of sp³-hybridized carbons (Fsp3) is 0.545. The van der Waals surface area contributed by atoms with Gasteiger partial charge < -0.3 is 23.7 Å². The summed E-state index contributed by atoms with van der Waals surface area (Å²) in [6.07, 6.45) is -5.53. The molecule has 1 aromatic heterocycles. The number of halogens is 1. The number of hydrogen-bond donors (Lipinski definition) is 0. The van der Waals surface area contributed by atoms with Crippen LogP contribution in [0.3, 0.4) is 0 Å². The number of hydrogen-bond acceptors (Lipinski definition) is 10. The fourth-order valence-corrected chi connectivity index (χ4v) is 6.52. The molecule has 1 saturated heterocycles. The molecule has 1 aliphatic rings. The van der Waals surface area contributed by atoms with Crippen LogP contribution in [-0.4, -0.2) is 54.9 Å². The first-order chi connectivity index (χ1) is 25.3. The van der Waals surface area contributed by atoms with E-state index in [0.717, 1.165) is 26.4 Å². The van der Waals surface area contributed by atoms with Gasteiger partial charge in [-0.2, -0.15) is 0 Å². The smallest absolute Gasteiger partial charge is 0.311 e. The van der Waals surface area contributed by atoms with Gasteiger partial charge in [0.05, 0.1) is 21.7 Å². The third kappa shape index (κ3) is 11.3. The summed E-state index contributed by atoms with van der Waals surface area (Å²) in [7, 11) is 0. The van der Waals surface area contributed by atoms with Gasteiger partial charge in [-0.3, -0.25) is 19.2 Å². The molecule has 300 valence electrons. The Labute approximate surface area is 329 Å². The van der Waals surface area contributed by atoms with Crippen molar-refractivity contribution in [2.45, 2.75) is 127 Å². The van der Waals surface area contributed by atoms with Gasteiger partial charge in [0.1, 0.15) is 24.6 Å². The van der Waals surface area contributed by atoms with Gasteiger partial charge >= 0.3 is 23.9 Å². The minimum absolute atomic E-state index is 0.298. The van der Waals surface area contributed by atoms with Crippen LogP contribution in [0.25, 0.3) is 10.4 Å². The minimum Gasteiger partial charge on any atom is -0.462 e. The average molecular weight is 781 g/mol. The van der Waals surface area contributed by atoms with Gasteiger partial charge in [0.2, 0.25) is 0 Å². The molecule has 4 rings (SSSR count). The van der Waals surface area contributed by atoms with E-state index in [1.54, 1.807) is 107 Å². The quantitative estimate of drug-likeness (QED) is 0.155. The van der Waals surface area contributed by atoms with E-state index in [4.69, 9.17) is 23.7 Å². The molecule has 0 aliphatic carbocycles. The molecule has 0 saturated carbocycles. The number of esters is 4. The van der Waals surface area contributed by atoms with Crippen LogP contribution in [-0.2, 0) is 49.3 Å². The predicted octanol–water partition coefficient (Wildman–Crippen LogP) is 9.36. The zero-order valence-electron chi connectivity index (χ0n) is 34.5. The number of aryl methyl sites for hydroxylation is 1. The Morgan fingerprint density at radius 2 is 1.16 bits per heavy atom. The second kappa shape index (κ2) is 16.6. The molecule has 2 heterocycles. The lowest BCUT2D eigenvalue weighted by Gasteiger charge is -2.46. The zero-order valence-corrected chi connectivity index (χ0v) is 35.3. The lowest BCUT2D eigenvalue weighted by molar-refractivity contribution is -0.262. The Kier molecular flexibility index (Phi) is 13.1. The maximum atomic E-state index is 13.7. The molecular weight excluding hydrogens is 724 g/mol. The van der Waals surface area contributed by atoms with Crippen LogP contribution in [0.1, 0.15) is 111 Å². The topological polar surface area (TPSA) is 114 Å². The molecular formula is C44H57FO9S.